The molecule has 174 valence electrons. The van der Waals surface area contributed by atoms with Crippen LogP contribution in [-0.2, 0) is 0 Å². The van der Waals surface area contributed by atoms with Gasteiger partial charge in [0.2, 0.25) is 0 Å². The SMILES string of the molecule is CC(C)CN1CC=C(c2c[nH]c3ccc(NC(=O)c4cccc(OC(F)(F)F)c4)cc23)CC1. The molecule has 2 aromatic carbocycles. The molecular formula is C25H26F3N3O2. The number of carbonyl (C=O) groups excluding carboxylic acids is 1. The van der Waals surface area contributed by atoms with Crippen LogP contribution in [0.3, 0.4) is 0 Å². The fraction of sp³-hybridized carbons (Fsp3) is 0.320. The number of benzene rings is 2. The minimum atomic E-state index is -4.82. The number of hydrogen-bond donors (Lipinski definition) is 2. The predicted molar refractivity (Wildman–Crippen MR) is 123 cm³/mol. The molecule has 0 atom stereocenters. The number of nitrogens with zero attached hydrogens (tertiary/aromatic N) is 1. The lowest BCUT2D eigenvalue weighted by Crippen LogP contribution is -2.31. The number of H-pyrrole nitrogens is 1. The topological polar surface area (TPSA) is 57.4 Å². The standard InChI is InChI=1S/C25H26F3N3O2/c1-16(2)15-31-10-8-17(9-11-31)22-14-29-23-7-6-19(13-21(22)23)30-24(32)18-4-3-5-20(12-18)33-25(26,27)28/h3-8,12-14,16,29H,9-11,15H2,1-2H3,(H,30,32). The normalized spacial score (nSPS) is 15.0. The molecule has 0 fully saturated rings. The van der Waals surface area contributed by atoms with E-state index in [1.165, 1.54) is 17.7 Å². The summed E-state index contributed by atoms with van der Waals surface area (Å²) in [5, 5.41) is 3.76. The van der Waals surface area contributed by atoms with Crippen LogP contribution < -0.4 is 10.1 Å². The maximum absolute atomic E-state index is 12.6. The monoisotopic (exact) mass is 457 g/mol. The number of aromatic nitrogens is 1. The number of halogens is 3. The van der Waals surface area contributed by atoms with Crippen LogP contribution in [0.25, 0.3) is 16.5 Å². The number of aromatic amines is 1. The number of anilines is 1. The molecule has 3 aromatic rings. The zero-order valence-corrected chi connectivity index (χ0v) is 18.5. The van der Waals surface area contributed by atoms with E-state index in [2.05, 4.69) is 39.9 Å². The summed E-state index contributed by atoms with van der Waals surface area (Å²) >= 11 is 0. The third-order valence-electron chi connectivity index (χ3n) is 5.53. The highest BCUT2D eigenvalue weighted by atomic mass is 19.4. The van der Waals surface area contributed by atoms with Crippen molar-refractivity contribution >= 4 is 28.1 Å². The van der Waals surface area contributed by atoms with Gasteiger partial charge in [0.25, 0.3) is 5.91 Å². The number of carbonyl (C=O) groups is 1. The summed E-state index contributed by atoms with van der Waals surface area (Å²) in [7, 11) is 0. The van der Waals surface area contributed by atoms with Crippen LogP contribution in [0.1, 0.15) is 36.2 Å². The largest absolute Gasteiger partial charge is 0.573 e. The molecule has 0 radical (unpaired) electrons. The van der Waals surface area contributed by atoms with Gasteiger partial charge in [-0.15, -0.1) is 13.2 Å². The lowest BCUT2D eigenvalue weighted by molar-refractivity contribution is -0.274. The molecule has 0 aliphatic carbocycles. The van der Waals surface area contributed by atoms with Crippen molar-refractivity contribution in [3.8, 4) is 5.75 Å². The molecule has 4 rings (SSSR count). The van der Waals surface area contributed by atoms with Gasteiger partial charge in [0.15, 0.2) is 0 Å². The maximum atomic E-state index is 12.6. The summed E-state index contributed by atoms with van der Waals surface area (Å²) in [5.74, 6) is -0.325. The molecule has 2 N–H and O–H groups in total. The second-order valence-corrected chi connectivity index (χ2v) is 8.63. The molecule has 5 nitrogen and oxygen atoms in total. The number of nitrogens with one attached hydrogen (secondary N) is 2. The lowest BCUT2D eigenvalue weighted by Gasteiger charge is -2.27. The average molecular weight is 457 g/mol. The van der Waals surface area contributed by atoms with Gasteiger partial charge in [-0.2, -0.15) is 0 Å². The zero-order chi connectivity index (χ0) is 23.6. The first kappa shape index (κ1) is 22.9. The molecule has 0 spiro atoms. The summed E-state index contributed by atoms with van der Waals surface area (Å²) in [6, 6.07) is 10.5. The van der Waals surface area contributed by atoms with Crippen LogP contribution in [0, 0.1) is 5.92 Å². The van der Waals surface area contributed by atoms with E-state index >= 15 is 0 Å². The lowest BCUT2D eigenvalue weighted by atomic mass is 9.98. The van der Waals surface area contributed by atoms with Crippen LogP contribution >= 0.6 is 0 Å². The molecule has 1 aliphatic heterocycles. The van der Waals surface area contributed by atoms with E-state index in [1.54, 1.807) is 6.07 Å². The first-order valence-corrected chi connectivity index (χ1v) is 10.9. The second-order valence-electron chi connectivity index (χ2n) is 8.63. The minimum absolute atomic E-state index is 0.0753. The Labute approximate surface area is 190 Å². The van der Waals surface area contributed by atoms with Crippen LogP contribution in [-0.4, -0.2) is 41.8 Å². The van der Waals surface area contributed by atoms with Crippen molar-refractivity contribution in [1.29, 1.82) is 0 Å². The number of ether oxygens (including phenoxy) is 1. The maximum Gasteiger partial charge on any atom is 0.573 e. The van der Waals surface area contributed by atoms with E-state index in [4.69, 9.17) is 0 Å². The van der Waals surface area contributed by atoms with Gasteiger partial charge in [-0.1, -0.05) is 26.0 Å². The van der Waals surface area contributed by atoms with E-state index in [9.17, 15) is 18.0 Å². The van der Waals surface area contributed by atoms with E-state index in [-0.39, 0.29) is 5.56 Å². The number of fused-ring (bicyclic) bond motifs is 1. The van der Waals surface area contributed by atoms with Crippen molar-refractivity contribution in [2.24, 2.45) is 5.92 Å². The Morgan fingerprint density at radius 2 is 2.03 bits per heavy atom. The van der Waals surface area contributed by atoms with E-state index in [0.29, 0.717) is 11.6 Å². The Kier molecular flexibility index (Phi) is 6.47. The molecule has 1 aromatic heterocycles. The molecule has 1 amide bonds. The van der Waals surface area contributed by atoms with Gasteiger partial charge in [-0.05, 0) is 54.3 Å². The molecule has 2 heterocycles. The van der Waals surface area contributed by atoms with E-state index in [0.717, 1.165) is 54.7 Å². The first-order chi connectivity index (χ1) is 15.7. The third kappa shape index (κ3) is 5.76. The molecule has 1 aliphatic rings. The Hall–Kier alpha value is -3.26. The highest BCUT2D eigenvalue weighted by Gasteiger charge is 2.31. The Bertz CT molecular complexity index is 1180. The fourth-order valence-electron chi connectivity index (χ4n) is 4.14. The molecule has 8 heteroatoms. The smallest absolute Gasteiger partial charge is 0.406 e. The number of amides is 1. The highest BCUT2D eigenvalue weighted by molar-refractivity contribution is 6.06. The quantitative estimate of drug-likeness (QED) is 0.473. The van der Waals surface area contributed by atoms with Crippen LogP contribution in [0.4, 0.5) is 18.9 Å². The second kappa shape index (κ2) is 9.31. The number of hydrogen-bond acceptors (Lipinski definition) is 3. The molecule has 0 saturated carbocycles. The minimum Gasteiger partial charge on any atom is -0.406 e. The predicted octanol–water partition coefficient (Wildman–Crippen LogP) is 6.06. The van der Waals surface area contributed by atoms with Crippen LogP contribution in [0.2, 0.25) is 0 Å². The van der Waals surface area contributed by atoms with Crippen LogP contribution in [0.15, 0.2) is 54.7 Å². The Morgan fingerprint density at radius 1 is 1.21 bits per heavy atom. The molecule has 0 bridgehead atoms. The van der Waals surface area contributed by atoms with E-state index < -0.39 is 18.0 Å². The first-order valence-electron chi connectivity index (χ1n) is 10.9. The summed E-state index contributed by atoms with van der Waals surface area (Å²) in [4.78, 5) is 18.4. The van der Waals surface area contributed by atoms with E-state index in [1.807, 2.05) is 18.3 Å². The van der Waals surface area contributed by atoms with Gasteiger partial charge < -0.3 is 15.0 Å². The summed E-state index contributed by atoms with van der Waals surface area (Å²) in [6.07, 6.45) is 0.372. The van der Waals surface area contributed by atoms with Crippen molar-refractivity contribution in [2.75, 3.05) is 25.0 Å². The van der Waals surface area contributed by atoms with Crippen molar-refractivity contribution < 1.29 is 22.7 Å². The van der Waals surface area contributed by atoms with Crippen molar-refractivity contribution in [2.45, 2.75) is 26.6 Å². The molecule has 33 heavy (non-hydrogen) atoms. The van der Waals surface area contributed by atoms with Gasteiger partial charge in [0.05, 0.1) is 0 Å². The summed E-state index contributed by atoms with van der Waals surface area (Å²) in [6.45, 7) is 7.42. The zero-order valence-electron chi connectivity index (χ0n) is 18.5. The molecule has 0 unspecified atom stereocenters. The van der Waals surface area contributed by atoms with Gasteiger partial charge in [0, 0.05) is 53.5 Å². The van der Waals surface area contributed by atoms with Crippen molar-refractivity contribution in [3.63, 3.8) is 0 Å². The Morgan fingerprint density at radius 3 is 2.73 bits per heavy atom. The Balaban J connectivity index is 1.52. The van der Waals surface area contributed by atoms with Crippen molar-refractivity contribution in [1.82, 2.24) is 9.88 Å². The third-order valence-corrected chi connectivity index (χ3v) is 5.53. The van der Waals surface area contributed by atoms with Gasteiger partial charge in [0.1, 0.15) is 5.75 Å². The molecule has 0 saturated heterocycles. The van der Waals surface area contributed by atoms with Gasteiger partial charge in [-0.3, -0.25) is 9.69 Å². The van der Waals surface area contributed by atoms with Crippen molar-refractivity contribution in [3.05, 3.63) is 65.9 Å². The molecular weight excluding hydrogens is 431 g/mol. The summed E-state index contributed by atoms with van der Waals surface area (Å²) < 4.78 is 41.3. The number of alkyl halides is 3. The fourth-order valence-corrected chi connectivity index (χ4v) is 4.14. The number of rotatable bonds is 6. The average Bonchev–Trinajstić information content (AvgIpc) is 3.16. The van der Waals surface area contributed by atoms with Gasteiger partial charge >= 0.3 is 6.36 Å². The highest BCUT2D eigenvalue weighted by Crippen LogP contribution is 2.31. The summed E-state index contributed by atoms with van der Waals surface area (Å²) in [5.41, 5.74) is 3.96. The van der Waals surface area contributed by atoms with Crippen LogP contribution in [0.5, 0.6) is 5.75 Å². The van der Waals surface area contributed by atoms with Gasteiger partial charge in [-0.25, -0.2) is 0 Å².